The third-order valence-electron chi connectivity index (χ3n) is 3.12. The Morgan fingerprint density at radius 2 is 2.04 bits per heavy atom. The van der Waals surface area contributed by atoms with Gasteiger partial charge in [-0.15, -0.1) is 0 Å². The van der Waals surface area contributed by atoms with Gasteiger partial charge in [0.1, 0.15) is 22.8 Å². The number of carboxylic acids is 1. The second-order valence-electron chi connectivity index (χ2n) is 4.86. The van der Waals surface area contributed by atoms with Gasteiger partial charge in [0.05, 0.1) is 11.1 Å². The summed E-state index contributed by atoms with van der Waals surface area (Å²) in [6.45, 7) is 1.66. The molecule has 25 heavy (non-hydrogen) atoms. The topological polar surface area (TPSA) is 141 Å². The molecule has 1 N–H and O–H groups in total. The summed E-state index contributed by atoms with van der Waals surface area (Å²) in [4.78, 5) is 29.4. The minimum absolute atomic E-state index is 0.132. The third kappa shape index (κ3) is 3.42. The lowest BCUT2D eigenvalue weighted by Crippen LogP contribution is -2.02. The van der Waals surface area contributed by atoms with Gasteiger partial charge in [0, 0.05) is 19.1 Å². The normalized spacial score (nSPS) is 10.4. The molecule has 0 spiro atoms. The van der Waals surface area contributed by atoms with Crippen molar-refractivity contribution in [3.8, 4) is 23.0 Å². The van der Waals surface area contributed by atoms with E-state index in [1.165, 1.54) is 12.3 Å². The summed E-state index contributed by atoms with van der Waals surface area (Å²) in [7, 11) is 0. The Kier molecular flexibility index (Phi) is 4.08. The summed E-state index contributed by atoms with van der Waals surface area (Å²) in [5, 5.41) is 23.7. The molecule has 3 rings (SSSR count). The van der Waals surface area contributed by atoms with Gasteiger partial charge in [-0.3, -0.25) is 10.1 Å². The van der Waals surface area contributed by atoms with Crippen LogP contribution in [0.1, 0.15) is 16.2 Å². The van der Waals surface area contributed by atoms with Crippen molar-refractivity contribution in [2.45, 2.75) is 6.92 Å². The molecule has 10 heteroatoms. The van der Waals surface area contributed by atoms with Crippen molar-refractivity contribution in [3.05, 3.63) is 58.1 Å². The minimum atomic E-state index is -1.42. The lowest BCUT2D eigenvalue weighted by molar-refractivity contribution is -0.385. The molecule has 0 amide bonds. The lowest BCUT2D eigenvalue weighted by atomic mass is 10.1. The maximum Gasteiger partial charge on any atom is 0.342 e. The Bertz CT molecular complexity index is 951. The smallest absolute Gasteiger partial charge is 0.342 e. The molecule has 3 aromatic rings. The van der Waals surface area contributed by atoms with Crippen LogP contribution in [0.3, 0.4) is 0 Å². The molecule has 0 aliphatic rings. The molecule has 0 radical (unpaired) electrons. The van der Waals surface area contributed by atoms with Gasteiger partial charge < -0.3 is 14.4 Å². The lowest BCUT2D eigenvalue weighted by Gasteiger charge is -2.06. The van der Waals surface area contributed by atoms with Gasteiger partial charge in [0.25, 0.3) is 5.69 Å². The zero-order valence-electron chi connectivity index (χ0n) is 12.7. The number of nitrogens with zero attached hydrogens (tertiary/aromatic N) is 4. The molecule has 0 saturated carbocycles. The van der Waals surface area contributed by atoms with Gasteiger partial charge >= 0.3 is 5.97 Å². The van der Waals surface area contributed by atoms with Crippen molar-refractivity contribution in [1.82, 2.24) is 15.1 Å². The molecule has 0 unspecified atom stereocenters. The zero-order chi connectivity index (χ0) is 18.0. The van der Waals surface area contributed by atoms with Crippen LogP contribution in [0.25, 0.3) is 11.5 Å². The first-order valence-electron chi connectivity index (χ1n) is 6.90. The minimum Gasteiger partial charge on any atom is -0.477 e. The maximum absolute atomic E-state index is 11.1. The summed E-state index contributed by atoms with van der Waals surface area (Å²) >= 11 is 0. The summed E-state index contributed by atoms with van der Waals surface area (Å²) in [6, 6.07) is 6.64. The van der Waals surface area contributed by atoms with E-state index in [1.54, 1.807) is 19.1 Å². The number of nitro benzene ring substituents is 1. The predicted molar refractivity (Wildman–Crippen MR) is 82.4 cm³/mol. The zero-order valence-corrected chi connectivity index (χ0v) is 12.7. The average Bonchev–Trinajstić information content (AvgIpc) is 3.01. The van der Waals surface area contributed by atoms with Crippen LogP contribution in [0, 0.1) is 17.0 Å². The van der Waals surface area contributed by atoms with Gasteiger partial charge in [-0.1, -0.05) is 5.16 Å². The van der Waals surface area contributed by atoms with Crippen molar-refractivity contribution in [1.29, 1.82) is 0 Å². The first-order valence-corrected chi connectivity index (χ1v) is 6.90. The molecular formula is C15H10N4O6. The van der Waals surface area contributed by atoms with Crippen LogP contribution in [-0.2, 0) is 0 Å². The predicted octanol–water partition coefficient (Wildman–Crippen LogP) is 2.84. The van der Waals surface area contributed by atoms with E-state index in [9.17, 15) is 14.9 Å². The molecule has 0 fully saturated rings. The fourth-order valence-corrected chi connectivity index (χ4v) is 2.02. The number of carboxylic acid groups (broad SMARTS) is 1. The van der Waals surface area contributed by atoms with Crippen LogP contribution in [0.2, 0.25) is 0 Å². The monoisotopic (exact) mass is 342 g/mol. The van der Waals surface area contributed by atoms with E-state index in [-0.39, 0.29) is 5.75 Å². The van der Waals surface area contributed by atoms with Crippen LogP contribution in [-0.4, -0.2) is 31.1 Å². The Hall–Kier alpha value is -3.82. The average molecular weight is 342 g/mol. The molecule has 1 aromatic carbocycles. The Morgan fingerprint density at radius 3 is 2.60 bits per heavy atom. The first-order chi connectivity index (χ1) is 11.9. The van der Waals surface area contributed by atoms with E-state index in [0.29, 0.717) is 23.2 Å². The highest BCUT2D eigenvalue weighted by Gasteiger charge is 2.20. The third-order valence-corrected chi connectivity index (χ3v) is 3.12. The van der Waals surface area contributed by atoms with Crippen molar-refractivity contribution >= 4 is 11.7 Å². The van der Waals surface area contributed by atoms with Gasteiger partial charge in [0.15, 0.2) is 0 Å². The number of benzene rings is 1. The van der Waals surface area contributed by atoms with Crippen LogP contribution in [0.4, 0.5) is 5.69 Å². The van der Waals surface area contributed by atoms with Crippen molar-refractivity contribution in [2.24, 2.45) is 0 Å². The van der Waals surface area contributed by atoms with E-state index < -0.39 is 22.1 Å². The van der Waals surface area contributed by atoms with E-state index in [1.807, 2.05) is 0 Å². The Labute approximate surface area is 139 Å². The van der Waals surface area contributed by atoms with E-state index in [2.05, 4.69) is 15.1 Å². The maximum atomic E-state index is 11.1. The number of hydrogen-bond acceptors (Lipinski definition) is 8. The second-order valence-corrected chi connectivity index (χ2v) is 4.86. The number of rotatable bonds is 5. The number of nitro groups is 1. The van der Waals surface area contributed by atoms with E-state index in [0.717, 1.165) is 12.1 Å². The molecule has 2 aromatic heterocycles. The number of aromatic nitrogens is 3. The molecule has 0 aliphatic carbocycles. The highest BCUT2D eigenvalue weighted by Crippen LogP contribution is 2.28. The first kappa shape index (κ1) is 16.1. The summed E-state index contributed by atoms with van der Waals surface area (Å²) in [5.74, 6) is -0.239. The van der Waals surface area contributed by atoms with Gasteiger partial charge in [0.2, 0.25) is 11.7 Å². The second kappa shape index (κ2) is 6.35. The number of hydrogen-bond donors (Lipinski definition) is 1. The van der Waals surface area contributed by atoms with E-state index in [4.69, 9.17) is 14.4 Å². The number of aromatic carboxylic acids is 1. The van der Waals surface area contributed by atoms with Gasteiger partial charge in [-0.25, -0.2) is 9.78 Å². The number of aryl methyl sites for hydroxylation is 1. The molecule has 0 atom stereocenters. The SMILES string of the molecule is Cc1nc(-c2ccc(Oc3ccc([N+](=O)[O-])c(C(=O)O)c3)cn2)no1. The number of pyridine rings is 1. The summed E-state index contributed by atoms with van der Waals surface area (Å²) in [5.41, 5.74) is -0.505. The molecule has 10 nitrogen and oxygen atoms in total. The molecular weight excluding hydrogens is 332 g/mol. The van der Waals surface area contributed by atoms with Crippen molar-refractivity contribution in [2.75, 3.05) is 0 Å². The Morgan fingerprint density at radius 1 is 1.28 bits per heavy atom. The molecule has 0 bridgehead atoms. The van der Waals surface area contributed by atoms with Crippen LogP contribution >= 0.6 is 0 Å². The summed E-state index contributed by atoms with van der Waals surface area (Å²) < 4.78 is 10.4. The fraction of sp³-hybridized carbons (Fsp3) is 0.0667. The quantitative estimate of drug-likeness (QED) is 0.547. The molecule has 0 saturated heterocycles. The number of ether oxygens (including phenoxy) is 1. The highest BCUT2D eigenvalue weighted by molar-refractivity contribution is 5.92. The largest absolute Gasteiger partial charge is 0.477 e. The van der Waals surface area contributed by atoms with Crippen LogP contribution in [0.15, 0.2) is 41.1 Å². The Balaban J connectivity index is 1.84. The van der Waals surface area contributed by atoms with Gasteiger partial charge in [-0.05, 0) is 18.2 Å². The molecule has 126 valence electrons. The van der Waals surface area contributed by atoms with Crippen LogP contribution in [0.5, 0.6) is 11.5 Å². The number of carbonyl (C=O) groups is 1. The van der Waals surface area contributed by atoms with Crippen molar-refractivity contribution < 1.29 is 24.1 Å². The fourth-order valence-electron chi connectivity index (χ4n) is 2.02. The van der Waals surface area contributed by atoms with E-state index >= 15 is 0 Å². The standard InChI is InChI=1S/C15H10N4O6/c1-8-17-14(18-25-8)12-4-2-10(7-16-12)24-9-3-5-13(19(22)23)11(6-9)15(20)21/h2-7H,1H3,(H,20,21). The molecule has 2 heterocycles. The van der Waals surface area contributed by atoms with Crippen LogP contribution < -0.4 is 4.74 Å². The summed E-state index contributed by atoms with van der Waals surface area (Å²) in [6.07, 6.45) is 1.39. The highest BCUT2D eigenvalue weighted by atomic mass is 16.6. The van der Waals surface area contributed by atoms with Crippen molar-refractivity contribution in [3.63, 3.8) is 0 Å². The van der Waals surface area contributed by atoms with Gasteiger partial charge in [-0.2, -0.15) is 4.98 Å². The molecule has 0 aliphatic heterocycles.